The Morgan fingerprint density at radius 2 is 2.36 bits per heavy atom. The summed E-state index contributed by atoms with van der Waals surface area (Å²) in [6, 6.07) is -0.143. The highest BCUT2D eigenvalue weighted by Crippen LogP contribution is 2.30. The van der Waals surface area contributed by atoms with Gasteiger partial charge in [0.2, 0.25) is 11.8 Å². The summed E-state index contributed by atoms with van der Waals surface area (Å²) in [7, 11) is 0. The minimum absolute atomic E-state index is 0.0350. The molecule has 9 nitrogen and oxygen atoms in total. The lowest BCUT2D eigenvalue weighted by atomic mass is 10.0. The van der Waals surface area contributed by atoms with E-state index in [4.69, 9.17) is 4.52 Å². The van der Waals surface area contributed by atoms with Crippen molar-refractivity contribution in [1.82, 2.24) is 35.2 Å². The van der Waals surface area contributed by atoms with E-state index in [0.717, 1.165) is 32.1 Å². The summed E-state index contributed by atoms with van der Waals surface area (Å²) < 4.78 is 6.79. The predicted octanol–water partition coefficient (Wildman–Crippen LogP) is 0.762. The fraction of sp³-hybridized carbons (Fsp3) is 0.692. The molecule has 1 aliphatic heterocycles. The molecule has 2 aromatic rings. The fourth-order valence-corrected chi connectivity index (χ4v) is 2.70. The van der Waals surface area contributed by atoms with E-state index in [9.17, 15) is 4.79 Å². The number of likely N-dealkylation sites (tertiary alicyclic amines) is 1. The second-order valence-electron chi connectivity index (χ2n) is 5.40. The molecular formula is C13H19N7O2. The van der Waals surface area contributed by atoms with Crippen molar-refractivity contribution in [3.05, 3.63) is 18.0 Å². The number of hydrogen-bond acceptors (Lipinski definition) is 7. The molecule has 1 fully saturated rings. The molecule has 0 aliphatic carbocycles. The van der Waals surface area contributed by atoms with Crippen molar-refractivity contribution in [3.8, 4) is 0 Å². The highest BCUT2D eigenvalue weighted by atomic mass is 16.5. The maximum absolute atomic E-state index is 12.5. The minimum Gasteiger partial charge on any atom is -0.337 e. The van der Waals surface area contributed by atoms with E-state index >= 15 is 0 Å². The Balaban J connectivity index is 1.73. The molecule has 0 aromatic carbocycles. The molecule has 2 aromatic heterocycles. The first-order valence-corrected chi connectivity index (χ1v) is 7.60. The van der Waals surface area contributed by atoms with E-state index in [1.54, 1.807) is 4.90 Å². The Morgan fingerprint density at radius 1 is 1.45 bits per heavy atom. The number of tetrazole rings is 1. The number of rotatable bonds is 5. The molecule has 0 radical (unpaired) electrons. The summed E-state index contributed by atoms with van der Waals surface area (Å²) in [4.78, 5) is 18.7. The minimum atomic E-state index is -0.143. The molecule has 3 heterocycles. The zero-order valence-corrected chi connectivity index (χ0v) is 12.6. The molecule has 3 rings (SSSR count). The van der Waals surface area contributed by atoms with Crippen molar-refractivity contribution in [1.29, 1.82) is 0 Å². The van der Waals surface area contributed by atoms with E-state index < -0.39 is 0 Å². The van der Waals surface area contributed by atoms with Crippen molar-refractivity contribution in [2.45, 2.75) is 51.6 Å². The first-order chi connectivity index (χ1) is 10.8. The molecule has 0 bridgehead atoms. The van der Waals surface area contributed by atoms with Gasteiger partial charge in [0.05, 0.1) is 0 Å². The number of nitrogens with zero attached hydrogens (tertiary/aromatic N) is 7. The van der Waals surface area contributed by atoms with Gasteiger partial charge in [0, 0.05) is 13.0 Å². The maximum atomic E-state index is 12.5. The van der Waals surface area contributed by atoms with Crippen LogP contribution in [0.1, 0.15) is 50.4 Å². The van der Waals surface area contributed by atoms with Crippen LogP contribution in [0.3, 0.4) is 0 Å². The van der Waals surface area contributed by atoms with Gasteiger partial charge in [-0.15, -0.1) is 5.10 Å². The van der Waals surface area contributed by atoms with Crippen molar-refractivity contribution in [2.75, 3.05) is 6.54 Å². The lowest BCUT2D eigenvalue weighted by molar-refractivity contribution is -0.136. The Morgan fingerprint density at radius 3 is 3.14 bits per heavy atom. The van der Waals surface area contributed by atoms with E-state index in [0.29, 0.717) is 18.3 Å². The van der Waals surface area contributed by atoms with Crippen LogP contribution in [0.4, 0.5) is 0 Å². The maximum Gasteiger partial charge on any atom is 0.249 e. The first kappa shape index (κ1) is 14.6. The molecule has 118 valence electrons. The summed E-state index contributed by atoms with van der Waals surface area (Å²) in [5, 5.41) is 14.8. The van der Waals surface area contributed by atoms with E-state index in [1.807, 2.05) is 0 Å². The van der Waals surface area contributed by atoms with Crippen LogP contribution in [0.5, 0.6) is 0 Å². The standard InChI is InChI=1S/C13H19N7O2/c1-2-5-11-15-13(22-16-11)10-6-3-4-7-20(10)12(21)8-19-9-14-17-18-19/h9-10H,2-8H2,1H3/t10-/m0/s1. The second-order valence-corrected chi connectivity index (χ2v) is 5.40. The lowest BCUT2D eigenvalue weighted by Crippen LogP contribution is -2.40. The third-order valence-electron chi connectivity index (χ3n) is 3.75. The molecule has 0 unspecified atom stereocenters. The van der Waals surface area contributed by atoms with Crippen LogP contribution in [-0.4, -0.2) is 47.7 Å². The highest BCUT2D eigenvalue weighted by Gasteiger charge is 2.32. The van der Waals surface area contributed by atoms with Gasteiger partial charge in [-0.3, -0.25) is 4.79 Å². The third kappa shape index (κ3) is 3.12. The van der Waals surface area contributed by atoms with Crippen LogP contribution < -0.4 is 0 Å². The first-order valence-electron chi connectivity index (χ1n) is 7.60. The number of aromatic nitrogens is 6. The van der Waals surface area contributed by atoms with Gasteiger partial charge in [0.15, 0.2) is 5.82 Å². The van der Waals surface area contributed by atoms with Crippen LogP contribution in [0, 0.1) is 0 Å². The highest BCUT2D eigenvalue weighted by molar-refractivity contribution is 5.76. The van der Waals surface area contributed by atoms with E-state index in [2.05, 4.69) is 32.6 Å². The number of aryl methyl sites for hydroxylation is 1. The van der Waals surface area contributed by atoms with Crippen LogP contribution in [0.2, 0.25) is 0 Å². The van der Waals surface area contributed by atoms with Crippen LogP contribution >= 0.6 is 0 Å². The fourth-order valence-electron chi connectivity index (χ4n) is 2.70. The quantitative estimate of drug-likeness (QED) is 0.803. The van der Waals surface area contributed by atoms with Gasteiger partial charge < -0.3 is 9.42 Å². The molecule has 1 amide bonds. The average Bonchev–Trinajstić information content (AvgIpc) is 3.19. The summed E-state index contributed by atoms with van der Waals surface area (Å²) in [5.74, 6) is 1.21. The monoisotopic (exact) mass is 305 g/mol. The molecule has 0 spiro atoms. The molecule has 1 saturated heterocycles. The molecular weight excluding hydrogens is 286 g/mol. The Labute approximate surface area is 127 Å². The number of carbonyl (C=O) groups is 1. The second kappa shape index (κ2) is 6.63. The van der Waals surface area contributed by atoms with Gasteiger partial charge in [-0.25, -0.2) is 4.68 Å². The summed E-state index contributed by atoms with van der Waals surface area (Å²) in [5.41, 5.74) is 0. The van der Waals surface area contributed by atoms with Gasteiger partial charge >= 0.3 is 0 Å². The molecule has 1 atom stereocenters. The molecule has 0 saturated carbocycles. The zero-order valence-electron chi connectivity index (χ0n) is 12.6. The van der Waals surface area contributed by atoms with E-state index in [1.165, 1.54) is 11.0 Å². The molecule has 22 heavy (non-hydrogen) atoms. The largest absolute Gasteiger partial charge is 0.337 e. The summed E-state index contributed by atoms with van der Waals surface area (Å²) >= 11 is 0. The Bertz CT molecular complexity index is 610. The third-order valence-corrected chi connectivity index (χ3v) is 3.75. The van der Waals surface area contributed by atoms with E-state index in [-0.39, 0.29) is 18.5 Å². The lowest BCUT2D eigenvalue weighted by Gasteiger charge is -2.33. The van der Waals surface area contributed by atoms with Gasteiger partial charge in [0.25, 0.3) is 0 Å². The van der Waals surface area contributed by atoms with Crippen molar-refractivity contribution >= 4 is 5.91 Å². The average molecular weight is 305 g/mol. The van der Waals surface area contributed by atoms with Crippen LogP contribution in [-0.2, 0) is 17.8 Å². The molecule has 9 heteroatoms. The SMILES string of the molecule is CCCc1noc([C@@H]2CCCCN2C(=O)Cn2cnnn2)n1. The number of hydrogen-bond donors (Lipinski definition) is 0. The van der Waals surface area contributed by atoms with Crippen LogP contribution in [0.25, 0.3) is 0 Å². The molecule has 1 aliphatic rings. The van der Waals surface area contributed by atoms with Crippen molar-refractivity contribution < 1.29 is 9.32 Å². The topological polar surface area (TPSA) is 103 Å². The van der Waals surface area contributed by atoms with Gasteiger partial charge in [-0.1, -0.05) is 12.1 Å². The zero-order chi connectivity index (χ0) is 15.4. The van der Waals surface area contributed by atoms with Gasteiger partial charge in [0.1, 0.15) is 18.9 Å². The smallest absolute Gasteiger partial charge is 0.249 e. The number of carbonyl (C=O) groups excluding carboxylic acids is 1. The normalized spacial score (nSPS) is 18.6. The number of piperidine rings is 1. The van der Waals surface area contributed by atoms with Crippen molar-refractivity contribution in [3.63, 3.8) is 0 Å². The Kier molecular flexibility index (Phi) is 4.40. The van der Waals surface area contributed by atoms with Crippen molar-refractivity contribution in [2.24, 2.45) is 0 Å². The van der Waals surface area contributed by atoms with Crippen LogP contribution in [0.15, 0.2) is 10.9 Å². The van der Waals surface area contributed by atoms with Gasteiger partial charge in [-0.05, 0) is 36.1 Å². The number of amides is 1. The Hall–Kier alpha value is -2.32. The summed E-state index contributed by atoms with van der Waals surface area (Å²) in [6.07, 6.45) is 6.05. The summed E-state index contributed by atoms with van der Waals surface area (Å²) in [6.45, 7) is 2.88. The molecule has 0 N–H and O–H groups in total. The van der Waals surface area contributed by atoms with Gasteiger partial charge in [-0.2, -0.15) is 4.98 Å². The predicted molar refractivity (Wildman–Crippen MR) is 74.4 cm³/mol.